The first-order valence-electron chi connectivity index (χ1n) is 4.54. The fourth-order valence-corrected chi connectivity index (χ4v) is 2.02. The number of sulfonamides is 1. The molecule has 0 aliphatic rings. The molecule has 17 heavy (non-hydrogen) atoms. The standard InChI is InChI=1S/C9H11ClN2O4S/c10-6-1-2-7(16-4-3-9(11)13)8(5-6)17(12,14)15/h1-2,5H,3-4H2,(H2,11,13)(H2,12,14,15). The van der Waals surface area contributed by atoms with Gasteiger partial charge in [-0.05, 0) is 18.2 Å². The van der Waals surface area contributed by atoms with E-state index in [-0.39, 0.29) is 28.7 Å². The molecule has 1 rings (SSSR count). The maximum absolute atomic E-state index is 11.3. The predicted octanol–water partition coefficient (Wildman–Crippen LogP) is 0.242. The fourth-order valence-electron chi connectivity index (χ4n) is 1.09. The Balaban J connectivity index is 2.95. The van der Waals surface area contributed by atoms with Crippen LogP contribution in [0.15, 0.2) is 23.1 Å². The molecular formula is C9H11ClN2O4S. The van der Waals surface area contributed by atoms with Crippen molar-refractivity contribution in [1.29, 1.82) is 0 Å². The zero-order valence-corrected chi connectivity index (χ0v) is 10.3. The van der Waals surface area contributed by atoms with Crippen molar-refractivity contribution in [1.82, 2.24) is 0 Å². The lowest BCUT2D eigenvalue weighted by Gasteiger charge is -2.09. The van der Waals surface area contributed by atoms with Gasteiger partial charge < -0.3 is 10.5 Å². The largest absolute Gasteiger partial charge is 0.492 e. The van der Waals surface area contributed by atoms with E-state index in [0.29, 0.717) is 0 Å². The monoisotopic (exact) mass is 278 g/mol. The second kappa shape index (κ2) is 5.35. The number of carbonyl (C=O) groups is 1. The fraction of sp³-hybridized carbons (Fsp3) is 0.222. The minimum atomic E-state index is -3.93. The molecule has 0 heterocycles. The van der Waals surface area contributed by atoms with Crippen LogP contribution in [0.5, 0.6) is 5.75 Å². The summed E-state index contributed by atoms with van der Waals surface area (Å²) in [6.45, 7) is -0.0283. The summed E-state index contributed by atoms with van der Waals surface area (Å²) in [5, 5.41) is 5.22. The third kappa shape index (κ3) is 4.22. The van der Waals surface area contributed by atoms with Gasteiger partial charge in [0.1, 0.15) is 10.6 Å². The lowest BCUT2D eigenvalue weighted by molar-refractivity contribution is -0.118. The van der Waals surface area contributed by atoms with Gasteiger partial charge in [-0.2, -0.15) is 0 Å². The van der Waals surface area contributed by atoms with E-state index < -0.39 is 15.9 Å². The van der Waals surface area contributed by atoms with Crippen molar-refractivity contribution >= 4 is 27.5 Å². The molecule has 0 saturated heterocycles. The lowest BCUT2D eigenvalue weighted by atomic mass is 10.3. The van der Waals surface area contributed by atoms with E-state index >= 15 is 0 Å². The number of nitrogens with two attached hydrogens (primary N) is 2. The molecule has 94 valence electrons. The SMILES string of the molecule is NC(=O)CCOc1ccc(Cl)cc1S(N)(=O)=O. The smallest absolute Gasteiger partial charge is 0.241 e. The first kappa shape index (κ1) is 13.8. The van der Waals surface area contributed by atoms with Gasteiger partial charge in [0.2, 0.25) is 15.9 Å². The number of rotatable bonds is 5. The van der Waals surface area contributed by atoms with Crippen LogP contribution in [0.3, 0.4) is 0 Å². The zero-order chi connectivity index (χ0) is 13.1. The quantitative estimate of drug-likeness (QED) is 0.803. The summed E-state index contributed by atoms with van der Waals surface area (Å²) >= 11 is 5.66. The van der Waals surface area contributed by atoms with E-state index in [1.54, 1.807) is 0 Å². The minimum absolute atomic E-state index is 0.0211. The Bertz CT molecular complexity index is 530. The van der Waals surface area contributed by atoms with E-state index in [1.807, 2.05) is 0 Å². The van der Waals surface area contributed by atoms with Gasteiger partial charge in [-0.1, -0.05) is 11.6 Å². The number of halogens is 1. The highest BCUT2D eigenvalue weighted by molar-refractivity contribution is 7.89. The van der Waals surface area contributed by atoms with E-state index in [9.17, 15) is 13.2 Å². The average molecular weight is 279 g/mol. The normalized spacial score (nSPS) is 11.2. The van der Waals surface area contributed by atoms with Gasteiger partial charge in [-0.15, -0.1) is 0 Å². The Labute approximate surface area is 104 Å². The number of amides is 1. The molecule has 0 aliphatic heterocycles. The number of primary amides is 1. The van der Waals surface area contributed by atoms with Gasteiger partial charge in [-0.25, -0.2) is 13.6 Å². The summed E-state index contributed by atoms with van der Waals surface area (Å²) in [5.41, 5.74) is 4.92. The highest BCUT2D eigenvalue weighted by Gasteiger charge is 2.15. The van der Waals surface area contributed by atoms with Crippen molar-refractivity contribution in [2.24, 2.45) is 10.9 Å². The predicted molar refractivity (Wildman–Crippen MR) is 62.1 cm³/mol. The van der Waals surface area contributed by atoms with Crippen molar-refractivity contribution in [3.63, 3.8) is 0 Å². The molecule has 0 aliphatic carbocycles. The maximum Gasteiger partial charge on any atom is 0.241 e. The second-order valence-electron chi connectivity index (χ2n) is 3.20. The first-order chi connectivity index (χ1) is 7.80. The molecule has 0 bridgehead atoms. The summed E-state index contributed by atoms with van der Waals surface area (Å²) < 4.78 is 27.6. The Kier molecular flexibility index (Phi) is 4.33. The van der Waals surface area contributed by atoms with E-state index in [4.69, 9.17) is 27.2 Å². The third-order valence-electron chi connectivity index (χ3n) is 1.82. The van der Waals surface area contributed by atoms with Gasteiger partial charge in [0.25, 0.3) is 0 Å². The topological polar surface area (TPSA) is 112 Å². The molecule has 4 N–H and O–H groups in total. The van der Waals surface area contributed by atoms with Crippen LogP contribution in [0, 0.1) is 0 Å². The van der Waals surface area contributed by atoms with Gasteiger partial charge in [0.05, 0.1) is 13.0 Å². The van der Waals surface area contributed by atoms with Crippen molar-refractivity contribution in [3.05, 3.63) is 23.2 Å². The van der Waals surface area contributed by atoms with Crippen LogP contribution < -0.4 is 15.6 Å². The van der Waals surface area contributed by atoms with Crippen LogP contribution in [-0.2, 0) is 14.8 Å². The number of hydrogen-bond acceptors (Lipinski definition) is 4. The summed E-state index contributed by atoms with van der Waals surface area (Å²) in [6.07, 6.45) is -0.0211. The maximum atomic E-state index is 11.3. The number of ether oxygens (including phenoxy) is 1. The van der Waals surface area contributed by atoms with Gasteiger partial charge in [0, 0.05) is 5.02 Å². The van der Waals surface area contributed by atoms with Crippen molar-refractivity contribution in [3.8, 4) is 5.75 Å². The number of carbonyl (C=O) groups excluding carboxylic acids is 1. The molecule has 8 heteroatoms. The van der Waals surface area contributed by atoms with Crippen LogP contribution >= 0.6 is 11.6 Å². The molecule has 0 fully saturated rings. The summed E-state index contributed by atoms with van der Waals surface area (Å²) in [4.78, 5) is 10.3. The Morgan fingerprint density at radius 1 is 1.41 bits per heavy atom. The summed E-state index contributed by atoms with van der Waals surface area (Å²) in [7, 11) is -3.93. The van der Waals surface area contributed by atoms with Gasteiger partial charge in [-0.3, -0.25) is 4.79 Å². The molecule has 1 aromatic carbocycles. The number of primary sulfonamides is 1. The molecule has 1 amide bonds. The molecule has 0 atom stereocenters. The Morgan fingerprint density at radius 2 is 2.06 bits per heavy atom. The molecule has 0 unspecified atom stereocenters. The van der Waals surface area contributed by atoms with Crippen LogP contribution in [0.25, 0.3) is 0 Å². The molecule has 0 saturated carbocycles. The van der Waals surface area contributed by atoms with Gasteiger partial charge in [0.15, 0.2) is 0 Å². The Morgan fingerprint density at radius 3 is 2.59 bits per heavy atom. The molecule has 6 nitrogen and oxygen atoms in total. The minimum Gasteiger partial charge on any atom is -0.492 e. The van der Waals surface area contributed by atoms with Crippen molar-refractivity contribution < 1.29 is 17.9 Å². The molecule has 0 aromatic heterocycles. The highest BCUT2D eigenvalue weighted by atomic mass is 35.5. The van der Waals surface area contributed by atoms with Crippen LogP contribution in [0.1, 0.15) is 6.42 Å². The van der Waals surface area contributed by atoms with Gasteiger partial charge >= 0.3 is 0 Å². The summed E-state index contributed by atoms with van der Waals surface area (Å²) in [5.74, 6) is -0.505. The summed E-state index contributed by atoms with van der Waals surface area (Å²) in [6, 6.07) is 4.00. The third-order valence-corrected chi connectivity index (χ3v) is 2.99. The van der Waals surface area contributed by atoms with Crippen LogP contribution in [0.2, 0.25) is 5.02 Å². The van der Waals surface area contributed by atoms with E-state index in [0.717, 1.165) is 0 Å². The molecule has 0 spiro atoms. The highest BCUT2D eigenvalue weighted by Crippen LogP contribution is 2.26. The zero-order valence-electron chi connectivity index (χ0n) is 8.72. The van der Waals surface area contributed by atoms with E-state index in [1.165, 1.54) is 18.2 Å². The average Bonchev–Trinajstić information content (AvgIpc) is 2.18. The van der Waals surface area contributed by atoms with Crippen LogP contribution in [-0.4, -0.2) is 20.9 Å². The molecular weight excluding hydrogens is 268 g/mol. The number of hydrogen-bond donors (Lipinski definition) is 2. The van der Waals surface area contributed by atoms with Crippen molar-refractivity contribution in [2.45, 2.75) is 11.3 Å². The molecule has 0 radical (unpaired) electrons. The second-order valence-corrected chi connectivity index (χ2v) is 5.17. The number of benzene rings is 1. The van der Waals surface area contributed by atoms with Crippen LogP contribution in [0.4, 0.5) is 0 Å². The molecule has 1 aromatic rings. The first-order valence-corrected chi connectivity index (χ1v) is 6.46. The van der Waals surface area contributed by atoms with E-state index in [2.05, 4.69) is 0 Å². The van der Waals surface area contributed by atoms with Crippen molar-refractivity contribution in [2.75, 3.05) is 6.61 Å². The lowest BCUT2D eigenvalue weighted by Crippen LogP contribution is -2.17. The Hall–Kier alpha value is -1.31.